The Morgan fingerprint density at radius 1 is 1.12 bits per heavy atom. The summed E-state index contributed by atoms with van der Waals surface area (Å²) in [5.41, 5.74) is 5.28. The van der Waals surface area contributed by atoms with Gasteiger partial charge in [-0.3, -0.25) is 19.2 Å². The minimum Gasteiger partial charge on any atom is -0.318 e. The van der Waals surface area contributed by atoms with E-state index in [1.165, 1.54) is 11.3 Å². The van der Waals surface area contributed by atoms with Crippen molar-refractivity contribution < 1.29 is 0 Å². The van der Waals surface area contributed by atoms with Gasteiger partial charge in [-0.25, -0.2) is 9.97 Å². The third-order valence-electron chi connectivity index (χ3n) is 5.81. The molecular weight excluding hydrogens is 432 g/mol. The molecule has 3 heterocycles. The van der Waals surface area contributed by atoms with E-state index < -0.39 is 0 Å². The summed E-state index contributed by atoms with van der Waals surface area (Å²) in [4.78, 5) is 30.3. The van der Waals surface area contributed by atoms with E-state index >= 15 is 0 Å². The summed E-state index contributed by atoms with van der Waals surface area (Å²) < 4.78 is 1.81. The third-order valence-corrected chi connectivity index (χ3v) is 6.52. The van der Waals surface area contributed by atoms with Gasteiger partial charge in [-0.2, -0.15) is 0 Å². The summed E-state index contributed by atoms with van der Waals surface area (Å²) in [5.74, 6) is 0.791. The molecule has 172 valence electrons. The lowest BCUT2D eigenvalue weighted by atomic mass is 10.1. The van der Waals surface area contributed by atoms with E-state index in [-0.39, 0.29) is 11.6 Å². The first-order valence-corrected chi connectivity index (χ1v) is 12.2. The van der Waals surface area contributed by atoms with E-state index in [9.17, 15) is 4.79 Å². The second kappa shape index (κ2) is 10.8. The lowest BCUT2D eigenvalue weighted by Crippen LogP contribution is -2.38. The average Bonchev–Trinajstić information content (AvgIpc) is 3.31. The number of aryl methyl sites for hydroxylation is 1. The van der Waals surface area contributed by atoms with E-state index in [2.05, 4.69) is 33.2 Å². The molecule has 0 spiro atoms. The van der Waals surface area contributed by atoms with Crippen LogP contribution in [0.3, 0.4) is 0 Å². The Labute approximate surface area is 198 Å². The zero-order valence-electron chi connectivity index (χ0n) is 19.4. The number of rotatable bonds is 10. The van der Waals surface area contributed by atoms with Crippen molar-refractivity contribution in [1.29, 1.82) is 0 Å². The molecule has 0 saturated heterocycles. The molecule has 1 N–H and O–H groups in total. The lowest BCUT2D eigenvalue weighted by molar-refractivity contribution is 0.172. The molecule has 8 heteroatoms. The van der Waals surface area contributed by atoms with Gasteiger partial charge in [-0.1, -0.05) is 43.3 Å². The first-order chi connectivity index (χ1) is 16.1. The molecule has 1 aromatic carbocycles. The van der Waals surface area contributed by atoms with Crippen molar-refractivity contribution in [2.75, 3.05) is 20.1 Å². The molecule has 0 amide bonds. The molecule has 0 aliphatic rings. The molecular formula is C25H30N6OS. The average molecular weight is 463 g/mol. The maximum atomic E-state index is 13.5. The maximum Gasteiger partial charge on any atom is 0.281 e. The normalized spacial score (nSPS) is 12.5. The van der Waals surface area contributed by atoms with Gasteiger partial charge < -0.3 is 5.32 Å². The lowest BCUT2D eigenvalue weighted by Gasteiger charge is -2.32. The Hall–Kier alpha value is -2.94. The fourth-order valence-corrected chi connectivity index (χ4v) is 4.72. The highest BCUT2D eigenvalue weighted by Crippen LogP contribution is 2.26. The van der Waals surface area contributed by atoms with Crippen LogP contribution in [0.4, 0.5) is 0 Å². The summed E-state index contributed by atoms with van der Waals surface area (Å²) in [5, 5.41) is 3.26. The van der Waals surface area contributed by atoms with Crippen LogP contribution >= 0.6 is 11.3 Å². The third kappa shape index (κ3) is 5.35. The minimum absolute atomic E-state index is 0.0254. The fourth-order valence-electron chi connectivity index (χ4n) is 4.07. The quantitative estimate of drug-likeness (QED) is 0.387. The molecule has 0 bridgehead atoms. The first-order valence-electron chi connectivity index (χ1n) is 11.3. The summed E-state index contributed by atoms with van der Waals surface area (Å²) in [6.07, 6.45) is 2.76. The Balaban J connectivity index is 1.78. The number of aromatic nitrogens is 4. The van der Waals surface area contributed by atoms with Gasteiger partial charge in [0.15, 0.2) is 10.3 Å². The molecule has 4 rings (SSSR count). The standard InChI is InChI=1S/C25H30N6OS/c1-4-21(30(13-12-26-3)15-20-11-10-18(2)27-14-20)23-29-24-22(28-17-33-24)25(32)31(23)16-19-8-6-5-7-9-19/h5-11,14,17,21,26H,4,12-13,15-16H2,1-3H3. The number of hydrogen-bond donors (Lipinski definition) is 1. The van der Waals surface area contributed by atoms with Gasteiger partial charge in [0.25, 0.3) is 5.56 Å². The van der Waals surface area contributed by atoms with Crippen molar-refractivity contribution >= 4 is 21.7 Å². The Morgan fingerprint density at radius 2 is 1.94 bits per heavy atom. The number of fused-ring (bicyclic) bond motifs is 1. The zero-order chi connectivity index (χ0) is 23.2. The SMILES string of the molecule is CCC(c1nc2scnc2c(=O)n1Cc1ccccc1)N(CCNC)Cc1ccc(C)nc1. The number of thiazole rings is 1. The fraction of sp³-hybridized carbons (Fsp3) is 0.360. The van der Waals surface area contributed by atoms with E-state index in [1.54, 1.807) is 5.51 Å². The molecule has 1 unspecified atom stereocenters. The molecule has 7 nitrogen and oxygen atoms in total. The van der Waals surface area contributed by atoms with Gasteiger partial charge >= 0.3 is 0 Å². The highest BCUT2D eigenvalue weighted by atomic mass is 32.1. The topological polar surface area (TPSA) is 75.9 Å². The van der Waals surface area contributed by atoms with Gasteiger partial charge in [0.05, 0.1) is 18.1 Å². The first kappa shape index (κ1) is 23.2. The number of hydrogen-bond acceptors (Lipinski definition) is 7. The van der Waals surface area contributed by atoms with Gasteiger partial charge in [0, 0.05) is 31.5 Å². The van der Waals surface area contributed by atoms with Gasteiger partial charge in [0.2, 0.25) is 0 Å². The summed E-state index contributed by atoms with van der Waals surface area (Å²) in [6.45, 7) is 7.01. The van der Waals surface area contributed by atoms with Crippen LogP contribution in [0.5, 0.6) is 0 Å². The smallest absolute Gasteiger partial charge is 0.281 e. The van der Waals surface area contributed by atoms with Crippen molar-refractivity contribution in [2.24, 2.45) is 0 Å². The van der Waals surface area contributed by atoms with Gasteiger partial charge in [0.1, 0.15) is 5.82 Å². The number of benzene rings is 1. The van der Waals surface area contributed by atoms with Crippen molar-refractivity contribution in [3.05, 3.63) is 87.2 Å². The molecule has 1 atom stereocenters. The largest absolute Gasteiger partial charge is 0.318 e. The van der Waals surface area contributed by atoms with E-state index in [4.69, 9.17) is 4.98 Å². The van der Waals surface area contributed by atoms with E-state index in [0.717, 1.165) is 48.7 Å². The highest BCUT2D eigenvalue weighted by molar-refractivity contribution is 7.16. The van der Waals surface area contributed by atoms with Crippen LogP contribution < -0.4 is 10.9 Å². The molecule has 0 aliphatic carbocycles. The number of nitrogens with zero attached hydrogens (tertiary/aromatic N) is 5. The van der Waals surface area contributed by atoms with Crippen molar-refractivity contribution in [3.8, 4) is 0 Å². The Morgan fingerprint density at radius 3 is 2.64 bits per heavy atom. The van der Waals surface area contributed by atoms with Crippen LogP contribution in [-0.2, 0) is 13.1 Å². The van der Waals surface area contributed by atoms with Crippen LogP contribution in [-0.4, -0.2) is 44.6 Å². The molecule has 0 radical (unpaired) electrons. The molecule has 0 saturated carbocycles. The summed E-state index contributed by atoms with van der Waals surface area (Å²) in [7, 11) is 1.96. The van der Waals surface area contributed by atoms with Crippen molar-refractivity contribution in [2.45, 2.75) is 39.4 Å². The van der Waals surface area contributed by atoms with Crippen LogP contribution in [0.2, 0.25) is 0 Å². The maximum absolute atomic E-state index is 13.5. The monoisotopic (exact) mass is 462 g/mol. The van der Waals surface area contributed by atoms with E-state index in [1.807, 2.05) is 61.1 Å². The zero-order valence-corrected chi connectivity index (χ0v) is 20.2. The number of nitrogens with one attached hydrogen (secondary N) is 1. The Kier molecular flexibility index (Phi) is 7.59. The van der Waals surface area contributed by atoms with Crippen LogP contribution in [0.25, 0.3) is 10.3 Å². The minimum atomic E-state index is -0.0795. The van der Waals surface area contributed by atoms with Crippen molar-refractivity contribution in [1.82, 2.24) is 29.7 Å². The summed E-state index contributed by atoms with van der Waals surface area (Å²) in [6, 6.07) is 14.2. The van der Waals surface area contributed by atoms with Gasteiger partial charge in [-0.05, 0) is 37.6 Å². The second-order valence-corrected chi connectivity index (χ2v) is 8.99. The highest BCUT2D eigenvalue weighted by Gasteiger charge is 2.26. The predicted octanol–water partition coefficient (Wildman–Crippen LogP) is 3.78. The van der Waals surface area contributed by atoms with Gasteiger partial charge in [-0.15, -0.1) is 11.3 Å². The molecule has 33 heavy (non-hydrogen) atoms. The van der Waals surface area contributed by atoms with Crippen molar-refractivity contribution in [3.63, 3.8) is 0 Å². The van der Waals surface area contributed by atoms with E-state index in [0.29, 0.717) is 16.9 Å². The summed E-state index contributed by atoms with van der Waals surface area (Å²) >= 11 is 1.42. The number of pyridine rings is 1. The van der Waals surface area contributed by atoms with Crippen LogP contribution in [0.15, 0.2) is 59.0 Å². The Bertz CT molecular complexity index is 1240. The molecule has 3 aromatic heterocycles. The number of likely N-dealkylation sites (N-methyl/N-ethyl adjacent to an activating group) is 1. The van der Waals surface area contributed by atoms with Crippen LogP contribution in [0, 0.1) is 6.92 Å². The predicted molar refractivity (Wildman–Crippen MR) is 134 cm³/mol. The molecule has 0 aliphatic heterocycles. The molecule has 0 fully saturated rings. The molecule has 4 aromatic rings. The van der Waals surface area contributed by atoms with Crippen LogP contribution in [0.1, 0.15) is 42.0 Å². The second-order valence-electron chi connectivity index (χ2n) is 8.16.